The summed E-state index contributed by atoms with van der Waals surface area (Å²) in [6.45, 7) is 1.25. The molecular weight excluding hydrogens is 222 g/mol. The fourth-order valence-corrected chi connectivity index (χ4v) is 2.07. The highest BCUT2D eigenvalue weighted by Crippen LogP contribution is 2.20. The molecule has 1 aliphatic heterocycles. The van der Waals surface area contributed by atoms with Crippen LogP contribution in [0.5, 0.6) is 0 Å². The summed E-state index contributed by atoms with van der Waals surface area (Å²) in [5.41, 5.74) is 2.31. The molecule has 1 aromatic carbocycles. The number of hydrogen-bond acceptors (Lipinski definition) is 3. The fraction of sp³-hybridized carbons (Fsp3) is 0.333. The standard InChI is InChI=1S/C12H13NO4/c14-11(15)7-13-4-3-8-5-9(12(16)17)1-2-10(8)6-13/h1-2,5H,3-4,6-7H2,(H,14,15)(H,16,17). The molecule has 5 nitrogen and oxygen atoms in total. The molecule has 1 heterocycles. The average molecular weight is 235 g/mol. The lowest BCUT2D eigenvalue weighted by atomic mass is 9.97. The smallest absolute Gasteiger partial charge is 0.335 e. The molecule has 5 heteroatoms. The number of aromatic carboxylic acids is 1. The molecule has 2 rings (SSSR count). The molecule has 90 valence electrons. The van der Waals surface area contributed by atoms with Gasteiger partial charge in [-0.1, -0.05) is 6.07 Å². The molecule has 17 heavy (non-hydrogen) atoms. The first-order chi connectivity index (χ1) is 8.06. The van der Waals surface area contributed by atoms with Crippen LogP contribution in [-0.4, -0.2) is 40.1 Å². The zero-order valence-electron chi connectivity index (χ0n) is 9.22. The first-order valence-electron chi connectivity index (χ1n) is 5.35. The Balaban J connectivity index is 2.17. The second kappa shape index (κ2) is 4.55. The second-order valence-electron chi connectivity index (χ2n) is 4.14. The highest BCUT2D eigenvalue weighted by molar-refractivity contribution is 5.87. The van der Waals surface area contributed by atoms with Gasteiger partial charge in [0.2, 0.25) is 0 Å². The van der Waals surface area contributed by atoms with Crippen LogP contribution in [0.25, 0.3) is 0 Å². The summed E-state index contributed by atoms with van der Waals surface area (Å²) in [5.74, 6) is -1.77. The topological polar surface area (TPSA) is 77.8 Å². The van der Waals surface area contributed by atoms with Gasteiger partial charge >= 0.3 is 11.9 Å². The Labute approximate surface area is 98.3 Å². The van der Waals surface area contributed by atoms with Crippen LogP contribution in [0.3, 0.4) is 0 Å². The number of carboxylic acid groups (broad SMARTS) is 2. The lowest BCUT2D eigenvalue weighted by Crippen LogP contribution is -2.34. The Morgan fingerprint density at radius 2 is 2.00 bits per heavy atom. The van der Waals surface area contributed by atoms with Crippen LogP contribution in [-0.2, 0) is 17.8 Å². The first kappa shape index (κ1) is 11.6. The predicted molar refractivity (Wildman–Crippen MR) is 60.0 cm³/mol. The van der Waals surface area contributed by atoms with E-state index in [2.05, 4.69) is 0 Å². The van der Waals surface area contributed by atoms with Gasteiger partial charge in [0.15, 0.2) is 0 Å². The maximum absolute atomic E-state index is 10.8. The van der Waals surface area contributed by atoms with Crippen LogP contribution in [0.2, 0.25) is 0 Å². The van der Waals surface area contributed by atoms with E-state index in [0.717, 1.165) is 11.1 Å². The predicted octanol–water partition coefficient (Wildman–Crippen LogP) is 0.827. The van der Waals surface area contributed by atoms with E-state index in [1.807, 2.05) is 4.90 Å². The largest absolute Gasteiger partial charge is 0.480 e. The van der Waals surface area contributed by atoms with E-state index in [0.29, 0.717) is 19.5 Å². The Hall–Kier alpha value is -1.88. The summed E-state index contributed by atoms with van der Waals surface area (Å²) < 4.78 is 0. The van der Waals surface area contributed by atoms with Crippen molar-refractivity contribution < 1.29 is 19.8 Å². The lowest BCUT2D eigenvalue weighted by molar-refractivity contribution is -0.138. The number of benzene rings is 1. The van der Waals surface area contributed by atoms with E-state index < -0.39 is 11.9 Å². The van der Waals surface area contributed by atoms with Crippen molar-refractivity contribution in [1.29, 1.82) is 0 Å². The van der Waals surface area contributed by atoms with Gasteiger partial charge in [-0.15, -0.1) is 0 Å². The van der Waals surface area contributed by atoms with E-state index in [9.17, 15) is 9.59 Å². The minimum absolute atomic E-state index is 0.0279. The number of carbonyl (C=O) groups is 2. The molecule has 0 atom stereocenters. The van der Waals surface area contributed by atoms with Gasteiger partial charge in [0.25, 0.3) is 0 Å². The van der Waals surface area contributed by atoms with Gasteiger partial charge < -0.3 is 10.2 Å². The summed E-state index contributed by atoms with van der Waals surface area (Å²) in [6, 6.07) is 5.01. The van der Waals surface area contributed by atoms with Crippen LogP contribution in [0, 0.1) is 0 Å². The molecule has 0 fully saturated rings. The molecule has 0 saturated heterocycles. The molecule has 0 bridgehead atoms. The monoisotopic (exact) mass is 235 g/mol. The minimum Gasteiger partial charge on any atom is -0.480 e. The Morgan fingerprint density at radius 3 is 2.65 bits per heavy atom. The van der Waals surface area contributed by atoms with Gasteiger partial charge in [0, 0.05) is 13.1 Å². The molecule has 0 amide bonds. The van der Waals surface area contributed by atoms with Gasteiger partial charge in [0.05, 0.1) is 12.1 Å². The van der Waals surface area contributed by atoms with E-state index >= 15 is 0 Å². The normalized spacial score (nSPS) is 15.3. The molecular formula is C12H13NO4. The first-order valence-corrected chi connectivity index (χ1v) is 5.35. The van der Waals surface area contributed by atoms with Crippen molar-refractivity contribution in [3.8, 4) is 0 Å². The molecule has 0 saturated carbocycles. The van der Waals surface area contributed by atoms with Crippen LogP contribution in [0.15, 0.2) is 18.2 Å². The van der Waals surface area contributed by atoms with E-state index in [4.69, 9.17) is 10.2 Å². The van der Waals surface area contributed by atoms with Gasteiger partial charge in [-0.05, 0) is 29.7 Å². The van der Waals surface area contributed by atoms with Crippen molar-refractivity contribution in [2.75, 3.05) is 13.1 Å². The third-order valence-corrected chi connectivity index (χ3v) is 2.90. The summed E-state index contributed by atoms with van der Waals surface area (Å²) in [4.78, 5) is 23.3. The van der Waals surface area contributed by atoms with Crippen LogP contribution >= 0.6 is 0 Å². The number of rotatable bonds is 3. The van der Waals surface area contributed by atoms with Crippen molar-refractivity contribution in [3.63, 3.8) is 0 Å². The quantitative estimate of drug-likeness (QED) is 0.811. The average Bonchev–Trinajstić information content (AvgIpc) is 2.27. The zero-order chi connectivity index (χ0) is 12.4. The van der Waals surface area contributed by atoms with Crippen molar-refractivity contribution in [3.05, 3.63) is 34.9 Å². The Morgan fingerprint density at radius 1 is 1.24 bits per heavy atom. The third kappa shape index (κ3) is 2.62. The van der Waals surface area contributed by atoms with Crippen molar-refractivity contribution in [2.24, 2.45) is 0 Å². The Bertz CT molecular complexity index is 470. The Kier molecular flexibility index (Phi) is 3.10. The minimum atomic E-state index is -0.930. The molecule has 1 aliphatic rings. The highest BCUT2D eigenvalue weighted by Gasteiger charge is 2.19. The van der Waals surface area contributed by atoms with Crippen LogP contribution < -0.4 is 0 Å². The van der Waals surface area contributed by atoms with E-state index in [1.54, 1.807) is 18.2 Å². The third-order valence-electron chi connectivity index (χ3n) is 2.90. The molecule has 0 aliphatic carbocycles. The number of nitrogens with zero attached hydrogens (tertiary/aromatic N) is 1. The van der Waals surface area contributed by atoms with Crippen molar-refractivity contribution in [2.45, 2.75) is 13.0 Å². The maximum Gasteiger partial charge on any atom is 0.335 e. The fourth-order valence-electron chi connectivity index (χ4n) is 2.07. The number of aliphatic carboxylic acids is 1. The summed E-state index contributed by atoms with van der Waals surface area (Å²) in [5, 5.41) is 17.6. The van der Waals surface area contributed by atoms with Crippen molar-refractivity contribution in [1.82, 2.24) is 4.90 Å². The van der Waals surface area contributed by atoms with Gasteiger partial charge in [0.1, 0.15) is 0 Å². The molecule has 2 N–H and O–H groups in total. The van der Waals surface area contributed by atoms with Crippen LogP contribution in [0.1, 0.15) is 21.5 Å². The van der Waals surface area contributed by atoms with Crippen molar-refractivity contribution >= 4 is 11.9 Å². The highest BCUT2D eigenvalue weighted by atomic mass is 16.4. The molecule has 1 aromatic rings. The second-order valence-corrected chi connectivity index (χ2v) is 4.14. The van der Waals surface area contributed by atoms with E-state index in [-0.39, 0.29) is 12.1 Å². The van der Waals surface area contributed by atoms with Crippen LogP contribution in [0.4, 0.5) is 0 Å². The summed E-state index contributed by atoms with van der Waals surface area (Å²) in [7, 11) is 0. The molecule has 0 aromatic heterocycles. The van der Waals surface area contributed by atoms with Gasteiger partial charge in [-0.25, -0.2) is 4.79 Å². The zero-order valence-corrected chi connectivity index (χ0v) is 9.22. The maximum atomic E-state index is 10.8. The summed E-state index contributed by atoms with van der Waals surface area (Å²) in [6.07, 6.45) is 0.698. The molecule has 0 unspecified atom stereocenters. The summed E-state index contributed by atoms with van der Waals surface area (Å²) >= 11 is 0. The van der Waals surface area contributed by atoms with Gasteiger partial charge in [-0.2, -0.15) is 0 Å². The molecule has 0 radical (unpaired) electrons. The molecule has 0 spiro atoms. The number of hydrogen-bond donors (Lipinski definition) is 2. The lowest BCUT2D eigenvalue weighted by Gasteiger charge is -2.27. The van der Waals surface area contributed by atoms with E-state index in [1.165, 1.54) is 0 Å². The number of fused-ring (bicyclic) bond motifs is 1. The SMILES string of the molecule is O=C(O)CN1CCc2cc(C(=O)O)ccc2C1. The van der Waals surface area contributed by atoms with Gasteiger partial charge in [-0.3, -0.25) is 9.69 Å². The number of carboxylic acids is 2.